The number of benzene rings is 1. The molecule has 6 heteroatoms. The fourth-order valence-electron chi connectivity index (χ4n) is 2.81. The molecule has 1 aliphatic heterocycles. The molecule has 2 aromatic rings. The highest BCUT2D eigenvalue weighted by Gasteiger charge is 2.22. The molecule has 23 heavy (non-hydrogen) atoms. The predicted molar refractivity (Wildman–Crippen MR) is 86.7 cm³/mol. The Morgan fingerprint density at radius 2 is 2.00 bits per heavy atom. The van der Waals surface area contributed by atoms with Gasteiger partial charge in [0.15, 0.2) is 5.69 Å². The van der Waals surface area contributed by atoms with Crippen molar-refractivity contribution in [2.75, 3.05) is 33.4 Å². The zero-order valence-corrected chi connectivity index (χ0v) is 13.7. The van der Waals surface area contributed by atoms with Gasteiger partial charge in [-0.15, -0.1) is 0 Å². The van der Waals surface area contributed by atoms with Gasteiger partial charge in [0.25, 0.3) is 5.91 Å². The summed E-state index contributed by atoms with van der Waals surface area (Å²) in [5.74, 6) is 0.806. The number of ether oxygens (including phenoxy) is 2. The van der Waals surface area contributed by atoms with E-state index in [1.54, 1.807) is 16.7 Å². The number of methoxy groups -OCH3 is 1. The lowest BCUT2D eigenvalue weighted by Gasteiger charge is -2.25. The molecule has 0 bridgehead atoms. The first kappa shape index (κ1) is 15.6. The summed E-state index contributed by atoms with van der Waals surface area (Å²) >= 11 is 0. The van der Waals surface area contributed by atoms with Crippen molar-refractivity contribution in [1.82, 2.24) is 14.7 Å². The van der Waals surface area contributed by atoms with Gasteiger partial charge < -0.3 is 14.4 Å². The van der Waals surface area contributed by atoms with Crippen molar-refractivity contribution in [1.29, 1.82) is 0 Å². The third-order valence-electron chi connectivity index (χ3n) is 4.09. The van der Waals surface area contributed by atoms with E-state index in [0.29, 0.717) is 32.0 Å². The number of nitrogens with zero attached hydrogens (tertiary/aromatic N) is 3. The van der Waals surface area contributed by atoms with Gasteiger partial charge in [-0.2, -0.15) is 5.10 Å². The fraction of sp³-hybridized carbons (Fsp3) is 0.412. The van der Waals surface area contributed by atoms with E-state index in [1.165, 1.54) is 0 Å². The highest BCUT2D eigenvalue weighted by Crippen LogP contribution is 2.26. The SMILES string of the molecule is COc1ccc(-c2cc(C(=O)N3CCOCC3)nn2C)cc1C. The van der Waals surface area contributed by atoms with Crippen LogP contribution >= 0.6 is 0 Å². The van der Waals surface area contributed by atoms with Gasteiger partial charge >= 0.3 is 0 Å². The summed E-state index contributed by atoms with van der Waals surface area (Å²) in [4.78, 5) is 14.3. The number of aromatic nitrogens is 2. The summed E-state index contributed by atoms with van der Waals surface area (Å²) in [5, 5.41) is 4.39. The maximum Gasteiger partial charge on any atom is 0.274 e. The molecular weight excluding hydrogens is 294 g/mol. The molecule has 122 valence electrons. The lowest BCUT2D eigenvalue weighted by atomic mass is 10.1. The number of hydrogen-bond acceptors (Lipinski definition) is 4. The number of amides is 1. The van der Waals surface area contributed by atoms with Crippen molar-refractivity contribution in [2.24, 2.45) is 7.05 Å². The lowest BCUT2D eigenvalue weighted by Crippen LogP contribution is -2.40. The first-order chi connectivity index (χ1) is 11.1. The normalized spacial score (nSPS) is 14.8. The number of morpholine rings is 1. The molecule has 3 rings (SSSR count). The predicted octanol–water partition coefficient (Wildman–Crippen LogP) is 1.88. The second-order valence-corrected chi connectivity index (χ2v) is 5.63. The van der Waals surface area contributed by atoms with Crippen molar-refractivity contribution >= 4 is 5.91 Å². The van der Waals surface area contributed by atoms with Crippen LogP contribution in [0.1, 0.15) is 16.1 Å². The van der Waals surface area contributed by atoms with Crippen LogP contribution in [0.5, 0.6) is 5.75 Å². The molecular formula is C17H21N3O3. The van der Waals surface area contributed by atoms with E-state index in [9.17, 15) is 4.79 Å². The molecule has 1 amide bonds. The molecule has 1 aliphatic rings. The Morgan fingerprint density at radius 3 is 2.65 bits per heavy atom. The van der Waals surface area contributed by atoms with Crippen LogP contribution in [0.3, 0.4) is 0 Å². The van der Waals surface area contributed by atoms with E-state index in [1.807, 2.05) is 38.2 Å². The molecule has 1 fully saturated rings. The van der Waals surface area contributed by atoms with E-state index >= 15 is 0 Å². The molecule has 1 aromatic heterocycles. The molecule has 1 aromatic carbocycles. The Bertz CT molecular complexity index is 718. The minimum absolute atomic E-state index is 0.0413. The Balaban J connectivity index is 1.88. The highest BCUT2D eigenvalue weighted by atomic mass is 16.5. The first-order valence-electron chi connectivity index (χ1n) is 7.66. The minimum Gasteiger partial charge on any atom is -0.496 e. The number of hydrogen-bond donors (Lipinski definition) is 0. The topological polar surface area (TPSA) is 56.6 Å². The summed E-state index contributed by atoms with van der Waals surface area (Å²) in [5.41, 5.74) is 3.44. The Morgan fingerprint density at radius 1 is 1.26 bits per heavy atom. The maximum absolute atomic E-state index is 12.5. The van der Waals surface area contributed by atoms with E-state index in [-0.39, 0.29) is 5.91 Å². The van der Waals surface area contributed by atoms with Gasteiger partial charge in [-0.3, -0.25) is 9.48 Å². The summed E-state index contributed by atoms with van der Waals surface area (Å²) in [6, 6.07) is 7.80. The number of aryl methyl sites for hydroxylation is 2. The second-order valence-electron chi connectivity index (χ2n) is 5.63. The average Bonchev–Trinajstić information content (AvgIpc) is 2.96. The molecule has 1 saturated heterocycles. The van der Waals surface area contributed by atoms with E-state index in [4.69, 9.17) is 9.47 Å². The molecule has 2 heterocycles. The smallest absolute Gasteiger partial charge is 0.274 e. The third-order valence-corrected chi connectivity index (χ3v) is 4.09. The van der Waals surface area contributed by atoms with Gasteiger partial charge in [0.2, 0.25) is 0 Å². The van der Waals surface area contributed by atoms with Gasteiger partial charge in [0.05, 0.1) is 26.0 Å². The van der Waals surface area contributed by atoms with Gasteiger partial charge in [-0.25, -0.2) is 0 Å². The maximum atomic E-state index is 12.5. The molecule has 0 saturated carbocycles. The summed E-state index contributed by atoms with van der Waals surface area (Å²) < 4.78 is 12.3. The molecule has 6 nitrogen and oxygen atoms in total. The average molecular weight is 315 g/mol. The van der Waals surface area contributed by atoms with Crippen LogP contribution in [0.2, 0.25) is 0 Å². The first-order valence-corrected chi connectivity index (χ1v) is 7.66. The lowest BCUT2D eigenvalue weighted by molar-refractivity contribution is 0.0298. The van der Waals surface area contributed by atoms with E-state index in [0.717, 1.165) is 22.6 Å². The monoisotopic (exact) mass is 315 g/mol. The van der Waals surface area contributed by atoms with Gasteiger partial charge in [-0.1, -0.05) is 0 Å². The standard InChI is InChI=1S/C17H21N3O3/c1-12-10-13(4-5-16(12)22-3)15-11-14(18-19(15)2)17(21)20-6-8-23-9-7-20/h4-5,10-11H,6-9H2,1-3H3. The number of rotatable bonds is 3. The zero-order chi connectivity index (χ0) is 16.4. The number of carbonyl (C=O) groups excluding carboxylic acids is 1. The van der Waals surface area contributed by atoms with Crippen LogP contribution in [0.4, 0.5) is 0 Å². The Hall–Kier alpha value is -2.34. The van der Waals surface area contributed by atoms with E-state index < -0.39 is 0 Å². The van der Waals surface area contributed by atoms with Crippen LogP contribution in [0.15, 0.2) is 24.3 Å². The largest absolute Gasteiger partial charge is 0.496 e. The van der Waals surface area contributed by atoms with Gasteiger partial charge in [-0.05, 0) is 36.8 Å². The highest BCUT2D eigenvalue weighted by molar-refractivity contribution is 5.93. The van der Waals surface area contributed by atoms with Crippen LogP contribution in [0.25, 0.3) is 11.3 Å². The van der Waals surface area contributed by atoms with Crippen molar-refractivity contribution in [3.63, 3.8) is 0 Å². The quantitative estimate of drug-likeness (QED) is 0.868. The fourth-order valence-corrected chi connectivity index (χ4v) is 2.81. The summed E-state index contributed by atoms with van der Waals surface area (Å²) in [6.45, 7) is 4.41. The minimum atomic E-state index is -0.0413. The van der Waals surface area contributed by atoms with Gasteiger partial charge in [0, 0.05) is 25.7 Å². The molecule has 0 aliphatic carbocycles. The van der Waals surface area contributed by atoms with Crippen LogP contribution < -0.4 is 4.74 Å². The Kier molecular flexibility index (Phi) is 4.34. The van der Waals surface area contributed by atoms with Crippen LogP contribution in [-0.4, -0.2) is 54.0 Å². The zero-order valence-electron chi connectivity index (χ0n) is 13.7. The summed E-state index contributed by atoms with van der Waals surface area (Å²) in [7, 11) is 3.51. The molecule has 0 spiro atoms. The molecule has 0 N–H and O–H groups in total. The Labute approximate surface area is 135 Å². The van der Waals surface area contributed by atoms with Crippen molar-refractivity contribution in [3.8, 4) is 17.0 Å². The summed E-state index contributed by atoms with van der Waals surface area (Å²) in [6.07, 6.45) is 0. The molecule has 0 unspecified atom stereocenters. The second kappa shape index (κ2) is 6.42. The molecule has 0 atom stereocenters. The van der Waals surface area contributed by atoms with Gasteiger partial charge in [0.1, 0.15) is 5.75 Å². The van der Waals surface area contributed by atoms with Crippen molar-refractivity contribution < 1.29 is 14.3 Å². The molecule has 0 radical (unpaired) electrons. The van der Waals surface area contributed by atoms with Crippen LogP contribution in [0, 0.1) is 6.92 Å². The van der Waals surface area contributed by atoms with Crippen molar-refractivity contribution in [2.45, 2.75) is 6.92 Å². The third kappa shape index (κ3) is 3.07. The number of carbonyl (C=O) groups is 1. The van der Waals surface area contributed by atoms with Crippen molar-refractivity contribution in [3.05, 3.63) is 35.5 Å². The van der Waals surface area contributed by atoms with E-state index in [2.05, 4.69) is 5.10 Å². The van der Waals surface area contributed by atoms with Crippen LogP contribution in [-0.2, 0) is 11.8 Å².